The molecular weight excluding hydrogens is 232 g/mol. The van der Waals surface area contributed by atoms with Crippen LogP contribution in [-0.4, -0.2) is 40.7 Å². The van der Waals surface area contributed by atoms with Crippen molar-refractivity contribution >= 4 is 17.6 Å². The van der Waals surface area contributed by atoms with Crippen LogP contribution in [0.5, 0.6) is 0 Å². The molecule has 6 nitrogen and oxygen atoms in total. The zero-order chi connectivity index (χ0) is 13.1. The average molecular weight is 250 g/mol. The van der Waals surface area contributed by atoms with E-state index >= 15 is 0 Å². The number of rotatable bonds is 5. The van der Waals surface area contributed by atoms with Gasteiger partial charge < -0.3 is 15.3 Å². The summed E-state index contributed by atoms with van der Waals surface area (Å²) in [6.45, 7) is 1.74. The van der Waals surface area contributed by atoms with Crippen molar-refractivity contribution in [3.63, 3.8) is 0 Å². The molecule has 2 rings (SSSR count). The molecule has 98 valence electrons. The van der Waals surface area contributed by atoms with Gasteiger partial charge in [-0.2, -0.15) is 0 Å². The lowest BCUT2D eigenvalue weighted by Crippen LogP contribution is -2.29. The molecule has 0 spiro atoms. The summed E-state index contributed by atoms with van der Waals surface area (Å²) in [5.74, 6) is 1.18. The first-order valence-electron chi connectivity index (χ1n) is 6.10. The van der Waals surface area contributed by atoms with Crippen LogP contribution in [0.1, 0.15) is 25.1 Å². The number of nitrogens with zero attached hydrogens (tertiary/aromatic N) is 3. The molecule has 0 aromatic carbocycles. The van der Waals surface area contributed by atoms with Crippen molar-refractivity contribution in [1.29, 1.82) is 0 Å². The van der Waals surface area contributed by atoms with Crippen LogP contribution >= 0.6 is 0 Å². The quantitative estimate of drug-likeness (QED) is 0.819. The molecule has 0 saturated heterocycles. The van der Waals surface area contributed by atoms with Gasteiger partial charge in [0.2, 0.25) is 0 Å². The molecular formula is C12H18N4O2. The first-order chi connectivity index (χ1) is 8.54. The van der Waals surface area contributed by atoms with Crippen LogP contribution in [0, 0.1) is 6.92 Å². The van der Waals surface area contributed by atoms with Crippen LogP contribution in [0.25, 0.3) is 0 Å². The Morgan fingerprint density at radius 3 is 2.83 bits per heavy atom. The van der Waals surface area contributed by atoms with Crippen LogP contribution in [0.3, 0.4) is 0 Å². The SMILES string of the molecule is Cc1nc(NC2CCC2)cc(N(C)CC(=O)O)n1. The molecule has 1 heterocycles. The lowest BCUT2D eigenvalue weighted by molar-refractivity contribution is -0.135. The Hall–Kier alpha value is -1.85. The number of hydrogen-bond acceptors (Lipinski definition) is 5. The minimum atomic E-state index is -0.873. The molecule has 1 aromatic rings. The third-order valence-corrected chi connectivity index (χ3v) is 3.05. The number of anilines is 2. The van der Waals surface area contributed by atoms with Crippen LogP contribution in [0.15, 0.2) is 6.07 Å². The maximum Gasteiger partial charge on any atom is 0.323 e. The molecule has 0 radical (unpaired) electrons. The molecule has 0 amide bonds. The van der Waals surface area contributed by atoms with Crippen LogP contribution in [0.4, 0.5) is 11.6 Å². The number of aryl methyl sites for hydroxylation is 1. The fraction of sp³-hybridized carbons (Fsp3) is 0.583. The molecule has 0 aliphatic heterocycles. The molecule has 1 aromatic heterocycles. The van der Waals surface area contributed by atoms with Gasteiger partial charge in [-0.15, -0.1) is 0 Å². The molecule has 1 fully saturated rings. The third-order valence-electron chi connectivity index (χ3n) is 3.05. The Bertz CT molecular complexity index is 446. The van der Waals surface area contributed by atoms with Crippen molar-refractivity contribution in [3.05, 3.63) is 11.9 Å². The maximum absolute atomic E-state index is 10.7. The fourth-order valence-electron chi connectivity index (χ4n) is 1.87. The van der Waals surface area contributed by atoms with Crippen molar-refractivity contribution < 1.29 is 9.90 Å². The molecule has 0 bridgehead atoms. The molecule has 0 atom stereocenters. The van der Waals surface area contributed by atoms with Gasteiger partial charge in [0.1, 0.15) is 24.0 Å². The van der Waals surface area contributed by atoms with Crippen molar-refractivity contribution in [1.82, 2.24) is 9.97 Å². The van der Waals surface area contributed by atoms with Crippen LogP contribution in [-0.2, 0) is 4.79 Å². The van der Waals surface area contributed by atoms with Gasteiger partial charge in [0, 0.05) is 19.2 Å². The van der Waals surface area contributed by atoms with E-state index in [2.05, 4.69) is 15.3 Å². The predicted octanol–water partition coefficient (Wildman–Crippen LogP) is 1.27. The molecule has 18 heavy (non-hydrogen) atoms. The summed E-state index contributed by atoms with van der Waals surface area (Å²) in [7, 11) is 1.71. The summed E-state index contributed by atoms with van der Waals surface area (Å²) >= 11 is 0. The Morgan fingerprint density at radius 1 is 1.56 bits per heavy atom. The van der Waals surface area contributed by atoms with Gasteiger partial charge >= 0.3 is 5.97 Å². The highest BCUT2D eigenvalue weighted by Crippen LogP contribution is 2.23. The van der Waals surface area contributed by atoms with Gasteiger partial charge in [-0.1, -0.05) is 0 Å². The number of likely N-dealkylation sites (N-methyl/N-ethyl adjacent to an activating group) is 1. The third kappa shape index (κ3) is 3.09. The predicted molar refractivity (Wildman–Crippen MR) is 68.9 cm³/mol. The van der Waals surface area contributed by atoms with E-state index in [0.717, 1.165) is 5.82 Å². The second-order valence-electron chi connectivity index (χ2n) is 4.68. The lowest BCUT2D eigenvalue weighted by Gasteiger charge is -2.27. The monoisotopic (exact) mass is 250 g/mol. The van der Waals surface area contributed by atoms with Crippen molar-refractivity contribution in [2.75, 3.05) is 23.8 Å². The van der Waals surface area contributed by atoms with Crippen LogP contribution < -0.4 is 10.2 Å². The summed E-state index contributed by atoms with van der Waals surface area (Å²) in [5, 5.41) is 12.1. The Morgan fingerprint density at radius 2 is 2.28 bits per heavy atom. The maximum atomic E-state index is 10.7. The molecule has 2 N–H and O–H groups in total. The number of carboxylic acid groups (broad SMARTS) is 1. The van der Waals surface area contributed by atoms with E-state index in [1.807, 2.05) is 6.92 Å². The van der Waals surface area contributed by atoms with Gasteiger partial charge in [0.25, 0.3) is 0 Å². The van der Waals surface area contributed by atoms with Gasteiger partial charge in [-0.3, -0.25) is 4.79 Å². The standard InChI is InChI=1S/C12H18N4O2/c1-8-13-10(15-9-4-3-5-9)6-11(14-8)16(2)7-12(17)18/h6,9H,3-5,7H2,1-2H3,(H,17,18)(H,13,14,15). The van der Waals surface area contributed by atoms with Crippen molar-refractivity contribution in [2.24, 2.45) is 0 Å². The Labute approximate surface area is 106 Å². The van der Waals surface area contributed by atoms with E-state index in [9.17, 15) is 4.79 Å². The highest BCUT2D eigenvalue weighted by Gasteiger charge is 2.18. The fourth-order valence-corrected chi connectivity index (χ4v) is 1.87. The zero-order valence-electron chi connectivity index (χ0n) is 10.7. The van der Waals surface area contributed by atoms with E-state index in [0.29, 0.717) is 17.7 Å². The molecule has 6 heteroatoms. The highest BCUT2D eigenvalue weighted by atomic mass is 16.4. The van der Waals surface area contributed by atoms with E-state index in [1.165, 1.54) is 19.3 Å². The summed E-state index contributed by atoms with van der Waals surface area (Å²) in [6.07, 6.45) is 3.60. The smallest absolute Gasteiger partial charge is 0.323 e. The van der Waals surface area contributed by atoms with Gasteiger partial charge in [-0.05, 0) is 26.2 Å². The van der Waals surface area contributed by atoms with E-state index < -0.39 is 5.97 Å². The highest BCUT2D eigenvalue weighted by molar-refractivity contribution is 5.73. The van der Waals surface area contributed by atoms with E-state index in [-0.39, 0.29) is 6.54 Å². The summed E-state index contributed by atoms with van der Waals surface area (Å²) < 4.78 is 0. The summed E-state index contributed by atoms with van der Waals surface area (Å²) in [5.41, 5.74) is 0. The first-order valence-corrected chi connectivity index (χ1v) is 6.10. The molecule has 0 unspecified atom stereocenters. The van der Waals surface area contributed by atoms with Crippen molar-refractivity contribution in [2.45, 2.75) is 32.2 Å². The second kappa shape index (κ2) is 5.20. The largest absolute Gasteiger partial charge is 0.480 e. The second-order valence-corrected chi connectivity index (χ2v) is 4.68. The number of hydrogen-bond donors (Lipinski definition) is 2. The number of carbonyl (C=O) groups is 1. The summed E-state index contributed by atoms with van der Waals surface area (Å²) in [6, 6.07) is 2.30. The van der Waals surface area contributed by atoms with Gasteiger partial charge in [0.15, 0.2) is 0 Å². The average Bonchev–Trinajstić information content (AvgIpc) is 2.22. The number of nitrogens with one attached hydrogen (secondary N) is 1. The molecule has 1 saturated carbocycles. The van der Waals surface area contributed by atoms with E-state index in [4.69, 9.17) is 5.11 Å². The van der Waals surface area contributed by atoms with Gasteiger partial charge in [0.05, 0.1) is 0 Å². The number of carboxylic acids is 1. The minimum absolute atomic E-state index is 0.0701. The number of aromatic nitrogens is 2. The Balaban J connectivity index is 2.11. The van der Waals surface area contributed by atoms with E-state index in [1.54, 1.807) is 18.0 Å². The number of aliphatic carboxylic acids is 1. The molecule has 1 aliphatic carbocycles. The normalized spacial score (nSPS) is 15.0. The van der Waals surface area contributed by atoms with Crippen LogP contribution in [0.2, 0.25) is 0 Å². The minimum Gasteiger partial charge on any atom is -0.480 e. The Kier molecular flexibility index (Phi) is 3.64. The van der Waals surface area contributed by atoms with Gasteiger partial charge in [-0.25, -0.2) is 9.97 Å². The lowest BCUT2D eigenvalue weighted by atomic mass is 9.93. The zero-order valence-corrected chi connectivity index (χ0v) is 10.7. The first kappa shape index (κ1) is 12.6. The van der Waals surface area contributed by atoms with Crippen molar-refractivity contribution in [3.8, 4) is 0 Å². The summed E-state index contributed by atoms with van der Waals surface area (Å²) in [4.78, 5) is 20.9. The topological polar surface area (TPSA) is 78.4 Å². The molecule has 1 aliphatic rings.